The fourth-order valence-corrected chi connectivity index (χ4v) is 6.03. The van der Waals surface area contributed by atoms with E-state index < -0.39 is 0 Å². The van der Waals surface area contributed by atoms with E-state index in [1.807, 2.05) is 47.4 Å². The molecular formula is C35H35ClN4O5. The maximum Gasteiger partial charge on any atom is 0.254 e. The van der Waals surface area contributed by atoms with Crippen molar-refractivity contribution in [2.75, 3.05) is 50.8 Å². The number of hydrogen-bond donors (Lipinski definition) is 0. The summed E-state index contributed by atoms with van der Waals surface area (Å²) in [6, 6.07) is 19.8. The van der Waals surface area contributed by atoms with Gasteiger partial charge in [-0.2, -0.15) is 0 Å². The van der Waals surface area contributed by atoms with Gasteiger partial charge in [0.2, 0.25) is 11.8 Å². The number of benzene rings is 3. The molecule has 0 atom stereocenters. The largest absolute Gasteiger partial charge is 0.378 e. The molecule has 3 aromatic rings. The molecule has 3 aromatic carbocycles. The van der Waals surface area contributed by atoms with E-state index in [-0.39, 0.29) is 43.3 Å². The van der Waals surface area contributed by atoms with E-state index in [9.17, 15) is 19.2 Å². The number of morpholine rings is 1. The van der Waals surface area contributed by atoms with Gasteiger partial charge in [-0.25, -0.2) is 0 Å². The Labute approximate surface area is 267 Å². The highest BCUT2D eigenvalue weighted by atomic mass is 35.5. The Morgan fingerprint density at radius 3 is 2.04 bits per heavy atom. The molecule has 0 saturated carbocycles. The van der Waals surface area contributed by atoms with Crippen molar-refractivity contribution in [3.63, 3.8) is 0 Å². The first-order chi connectivity index (χ1) is 21.9. The molecule has 0 aliphatic carbocycles. The van der Waals surface area contributed by atoms with Crippen molar-refractivity contribution >= 4 is 40.9 Å². The molecule has 0 bridgehead atoms. The number of anilines is 1. The van der Waals surface area contributed by atoms with E-state index in [0.717, 1.165) is 22.4 Å². The summed E-state index contributed by atoms with van der Waals surface area (Å²) in [5, 5.41) is 0.524. The summed E-state index contributed by atoms with van der Waals surface area (Å²) in [6.45, 7) is 3.95. The van der Waals surface area contributed by atoms with E-state index in [0.29, 0.717) is 68.4 Å². The van der Waals surface area contributed by atoms with E-state index in [1.54, 1.807) is 51.1 Å². The number of hydrogen-bond acceptors (Lipinski definition) is 5. The third-order valence-corrected chi connectivity index (χ3v) is 8.69. The van der Waals surface area contributed by atoms with Gasteiger partial charge < -0.3 is 24.3 Å². The number of ether oxygens (including phenoxy) is 1. The monoisotopic (exact) mass is 626 g/mol. The lowest BCUT2D eigenvalue weighted by Crippen LogP contribution is -2.40. The van der Waals surface area contributed by atoms with Crippen LogP contribution in [-0.4, -0.2) is 84.3 Å². The topological polar surface area (TPSA) is 90.5 Å². The van der Waals surface area contributed by atoms with Crippen LogP contribution in [0.2, 0.25) is 5.02 Å². The van der Waals surface area contributed by atoms with Crippen molar-refractivity contribution < 1.29 is 23.9 Å². The fourth-order valence-electron chi connectivity index (χ4n) is 5.90. The molecule has 0 N–H and O–H groups in total. The molecule has 3 heterocycles. The normalized spacial score (nSPS) is 16.5. The molecule has 10 heteroatoms. The number of carbonyl (C=O) groups excluding carboxylic acids is 4. The van der Waals surface area contributed by atoms with Gasteiger partial charge in [-0.3, -0.25) is 19.2 Å². The molecule has 0 unspecified atom stereocenters. The summed E-state index contributed by atoms with van der Waals surface area (Å²) in [5.41, 5.74) is 4.42. The molecule has 9 nitrogen and oxygen atoms in total. The second-order valence-electron chi connectivity index (χ2n) is 11.5. The van der Waals surface area contributed by atoms with Crippen molar-refractivity contribution in [1.82, 2.24) is 14.7 Å². The van der Waals surface area contributed by atoms with Crippen LogP contribution in [-0.2, 0) is 33.8 Å². The Morgan fingerprint density at radius 2 is 1.36 bits per heavy atom. The van der Waals surface area contributed by atoms with Gasteiger partial charge >= 0.3 is 0 Å². The van der Waals surface area contributed by atoms with Gasteiger partial charge in [-0.05, 0) is 65.6 Å². The van der Waals surface area contributed by atoms with Gasteiger partial charge in [0.1, 0.15) is 6.54 Å². The van der Waals surface area contributed by atoms with E-state index in [2.05, 4.69) is 0 Å². The lowest BCUT2D eigenvalue weighted by molar-refractivity contribution is -0.135. The van der Waals surface area contributed by atoms with Crippen molar-refractivity contribution in [3.8, 4) is 0 Å². The fraction of sp³-hybridized carbons (Fsp3) is 0.314. The van der Waals surface area contributed by atoms with Gasteiger partial charge in [-0.1, -0.05) is 48.0 Å². The van der Waals surface area contributed by atoms with E-state index in [4.69, 9.17) is 16.3 Å². The minimum Gasteiger partial charge on any atom is -0.378 e. The molecule has 3 aliphatic heterocycles. The van der Waals surface area contributed by atoms with Gasteiger partial charge in [0, 0.05) is 61.0 Å². The summed E-state index contributed by atoms with van der Waals surface area (Å²) in [6.07, 6.45) is 4.87. The second kappa shape index (κ2) is 13.7. The molecule has 6 rings (SSSR count). The van der Waals surface area contributed by atoms with Crippen LogP contribution in [0.4, 0.5) is 5.69 Å². The molecule has 3 aliphatic rings. The molecule has 4 amide bonds. The quantitative estimate of drug-likeness (QED) is 0.364. The van der Waals surface area contributed by atoms with Gasteiger partial charge in [0.15, 0.2) is 0 Å². The third-order valence-electron chi connectivity index (χ3n) is 8.44. The van der Waals surface area contributed by atoms with Crippen LogP contribution >= 0.6 is 11.6 Å². The van der Waals surface area contributed by atoms with Gasteiger partial charge in [0.25, 0.3) is 11.8 Å². The van der Waals surface area contributed by atoms with Gasteiger partial charge in [0.05, 0.1) is 19.8 Å². The van der Waals surface area contributed by atoms with Crippen LogP contribution in [0.1, 0.15) is 43.8 Å². The summed E-state index contributed by atoms with van der Waals surface area (Å²) in [5.74, 6) is -0.416. The molecule has 45 heavy (non-hydrogen) atoms. The summed E-state index contributed by atoms with van der Waals surface area (Å²) < 4.78 is 5.37. The molecule has 1 fully saturated rings. The van der Waals surface area contributed by atoms with Crippen LogP contribution in [0.3, 0.4) is 0 Å². The smallest absolute Gasteiger partial charge is 0.254 e. The summed E-state index contributed by atoms with van der Waals surface area (Å²) in [4.78, 5) is 59.8. The maximum absolute atomic E-state index is 13.8. The standard InChI is InChI=1S/C35H35ClN4O5/c36-30-11-9-28(10-12-30)35(44)39-23-29-21-25(6-14-32(41)37-17-19-45-20-18-37)5-13-31(29)40(33(42)24-39)22-26-3-7-27(8-4-26)34(43)38-15-1-2-16-38/h1-5,7-13,21H,6,14-20,22-24H2. The average molecular weight is 627 g/mol. The highest BCUT2D eigenvalue weighted by Gasteiger charge is 2.30. The van der Waals surface area contributed by atoms with Gasteiger partial charge in [-0.15, -0.1) is 0 Å². The lowest BCUT2D eigenvalue weighted by Gasteiger charge is -2.27. The Morgan fingerprint density at radius 1 is 0.733 bits per heavy atom. The number of nitrogens with zero attached hydrogens (tertiary/aromatic N) is 4. The van der Waals surface area contributed by atoms with Crippen LogP contribution in [0.15, 0.2) is 78.9 Å². The Balaban J connectivity index is 1.24. The predicted octanol–water partition coefficient (Wildman–Crippen LogP) is 4.33. The Bertz CT molecular complexity index is 1610. The Hall–Kier alpha value is -4.47. The number of halogens is 1. The van der Waals surface area contributed by atoms with E-state index in [1.165, 1.54) is 0 Å². The first kappa shape index (κ1) is 30.6. The zero-order valence-corrected chi connectivity index (χ0v) is 25.7. The minimum absolute atomic E-state index is 0.0290. The summed E-state index contributed by atoms with van der Waals surface area (Å²) >= 11 is 6.05. The number of carbonyl (C=O) groups is 4. The molecule has 0 aromatic heterocycles. The van der Waals surface area contributed by atoms with Crippen LogP contribution in [0.5, 0.6) is 0 Å². The first-order valence-corrected chi connectivity index (χ1v) is 15.6. The Kier molecular flexibility index (Phi) is 9.28. The second-order valence-corrected chi connectivity index (χ2v) is 11.9. The predicted molar refractivity (Wildman–Crippen MR) is 171 cm³/mol. The number of aryl methyl sites for hydroxylation is 1. The molecule has 1 saturated heterocycles. The SMILES string of the molecule is O=C(CCc1ccc2c(c1)CN(C(=O)c1ccc(Cl)cc1)CC(=O)N2Cc1ccc(C(=O)N2CC=CC2)cc1)N1CCOCC1. The van der Waals surface area contributed by atoms with Crippen molar-refractivity contribution in [2.24, 2.45) is 0 Å². The van der Waals surface area contributed by atoms with Crippen molar-refractivity contribution in [1.29, 1.82) is 0 Å². The zero-order valence-electron chi connectivity index (χ0n) is 25.0. The molecule has 232 valence electrons. The summed E-state index contributed by atoms with van der Waals surface area (Å²) in [7, 11) is 0. The lowest BCUT2D eigenvalue weighted by atomic mass is 10.0. The number of amides is 4. The number of rotatable bonds is 7. The van der Waals surface area contributed by atoms with E-state index >= 15 is 0 Å². The van der Waals surface area contributed by atoms with Crippen LogP contribution in [0.25, 0.3) is 0 Å². The third kappa shape index (κ3) is 7.10. The minimum atomic E-state index is -0.264. The van der Waals surface area contributed by atoms with Crippen LogP contribution < -0.4 is 4.90 Å². The highest BCUT2D eigenvalue weighted by molar-refractivity contribution is 6.30. The first-order valence-electron chi connectivity index (χ1n) is 15.2. The average Bonchev–Trinajstić information content (AvgIpc) is 3.57. The number of fused-ring (bicyclic) bond motifs is 1. The molecular weight excluding hydrogens is 592 g/mol. The van der Waals surface area contributed by atoms with Crippen molar-refractivity contribution in [2.45, 2.75) is 25.9 Å². The van der Waals surface area contributed by atoms with Crippen molar-refractivity contribution in [3.05, 3.63) is 112 Å². The van der Waals surface area contributed by atoms with Crippen LogP contribution in [0, 0.1) is 0 Å². The molecule has 0 radical (unpaired) electrons. The maximum atomic E-state index is 13.8. The zero-order chi connectivity index (χ0) is 31.3. The molecule has 0 spiro atoms. The highest BCUT2D eigenvalue weighted by Crippen LogP contribution is 2.30.